The van der Waals surface area contributed by atoms with Crippen molar-refractivity contribution in [3.8, 4) is 5.75 Å². The van der Waals surface area contributed by atoms with Gasteiger partial charge in [0, 0.05) is 24.7 Å². The summed E-state index contributed by atoms with van der Waals surface area (Å²) in [6.45, 7) is 7.61. The van der Waals surface area contributed by atoms with Crippen molar-refractivity contribution in [1.29, 1.82) is 0 Å². The van der Waals surface area contributed by atoms with Crippen LogP contribution in [0.15, 0.2) is 54.2 Å². The number of rotatable bonds is 9. The number of Topliss-reactive ketones (excluding diaryl/α,β-unsaturated/α-hetero) is 1. The Bertz CT molecular complexity index is 954. The normalized spacial score (nSPS) is 18.1. The molecule has 0 unspecified atom stereocenters. The molecule has 31 heavy (non-hydrogen) atoms. The SMILES string of the molecule is CC[NH+](CC)CCCN1C(=O)C(=O)C(=C(O)c2cccc(OC)c2)[C@@H]1c1ccccn1. The largest absolute Gasteiger partial charge is 0.507 e. The van der Waals surface area contributed by atoms with Crippen molar-refractivity contribution in [2.45, 2.75) is 26.3 Å². The first-order chi connectivity index (χ1) is 15.0. The topological polar surface area (TPSA) is 84.2 Å². The van der Waals surface area contributed by atoms with Crippen LogP contribution in [0.25, 0.3) is 5.76 Å². The summed E-state index contributed by atoms with van der Waals surface area (Å²) in [5.74, 6) is -0.958. The van der Waals surface area contributed by atoms with Gasteiger partial charge in [-0.1, -0.05) is 18.2 Å². The van der Waals surface area contributed by atoms with Crippen LogP contribution in [0.2, 0.25) is 0 Å². The Morgan fingerprint density at radius 1 is 1.16 bits per heavy atom. The molecule has 2 aromatic rings. The zero-order valence-corrected chi connectivity index (χ0v) is 18.3. The number of benzene rings is 1. The third kappa shape index (κ3) is 4.77. The zero-order valence-electron chi connectivity index (χ0n) is 18.3. The van der Waals surface area contributed by atoms with Gasteiger partial charge >= 0.3 is 0 Å². The predicted molar refractivity (Wildman–Crippen MR) is 118 cm³/mol. The summed E-state index contributed by atoms with van der Waals surface area (Å²) in [6.07, 6.45) is 2.38. The van der Waals surface area contributed by atoms with Crippen molar-refractivity contribution in [2.24, 2.45) is 0 Å². The molecule has 1 saturated heterocycles. The fraction of sp³-hybridized carbons (Fsp3) is 0.375. The number of nitrogens with one attached hydrogen (secondary N) is 1. The molecule has 0 aliphatic carbocycles. The molecule has 1 fully saturated rings. The van der Waals surface area contributed by atoms with E-state index in [0.29, 0.717) is 23.6 Å². The van der Waals surface area contributed by atoms with Crippen LogP contribution in [-0.2, 0) is 9.59 Å². The maximum absolute atomic E-state index is 13.0. The van der Waals surface area contributed by atoms with Crippen LogP contribution >= 0.6 is 0 Å². The van der Waals surface area contributed by atoms with E-state index in [9.17, 15) is 14.7 Å². The summed E-state index contributed by atoms with van der Waals surface area (Å²) >= 11 is 0. The fourth-order valence-electron chi connectivity index (χ4n) is 3.98. The van der Waals surface area contributed by atoms with Crippen LogP contribution < -0.4 is 9.64 Å². The standard InChI is InChI=1S/C24H29N3O4/c1-4-26(5-2)14-9-15-27-21(19-12-6-7-13-25-19)20(23(29)24(27)30)22(28)17-10-8-11-18(16-17)31-3/h6-8,10-13,16,21,28H,4-5,9,14-15H2,1-3H3/p+1/t21-/m0/s1. The van der Waals surface area contributed by atoms with Gasteiger partial charge < -0.3 is 19.6 Å². The summed E-state index contributed by atoms with van der Waals surface area (Å²) in [6, 6.07) is 11.5. The minimum atomic E-state index is -0.723. The molecule has 1 amide bonds. The molecular weight excluding hydrogens is 394 g/mol. The van der Waals surface area contributed by atoms with E-state index in [-0.39, 0.29) is 11.3 Å². The third-order valence-corrected chi connectivity index (χ3v) is 5.78. The summed E-state index contributed by atoms with van der Waals surface area (Å²) in [5, 5.41) is 11.1. The average molecular weight is 425 g/mol. The highest BCUT2D eigenvalue weighted by Gasteiger charge is 2.46. The Labute approximate surface area is 183 Å². The van der Waals surface area contributed by atoms with E-state index >= 15 is 0 Å². The molecule has 1 aromatic carbocycles. The molecule has 1 aromatic heterocycles. The second kappa shape index (κ2) is 10.2. The number of carbonyl (C=O) groups is 2. The molecule has 7 heteroatoms. The van der Waals surface area contributed by atoms with Crippen molar-refractivity contribution in [1.82, 2.24) is 9.88 Å². The van der Waals surface area contributed by atoms with E-state index in [2.05, 4.69) is 18.8 Å². The number of pyridine rings is 1. The molecule has 0 bridgehead atoms. The molecule has 1 aliphatic rings. The van der Waals surface area contributed by atoms with E-state index in [0.717, 1.165) is 26.1 Å². The smallest absolute Gasteiger partial charge is 0.295 e. The Kier molecular flexibility index (Phi) is 7.41. The summed E-state index contributed by atoms with van der Waals surface area (Å²) in [7, 11) is 1.53. The minimum absolute atomic E-state index is 0.0622. The quantitative estimate of drug-likeness (QED) is 0.365. The molecule has 0 radical (unpaired) electrons. The van der Waals surface area contributed by atoms with E-state index in [1.807, 2.05) is 6.07 Å². The molecule has 0 spiro atoms. The van der Waals surface area contributed by atoms with Crippen LogP contribution in [-0.4, -0.2) is 60.0 Å². The molecule has 0 saturated carbocycles. The number of aliphatic hydroxyl groups is 1. The monoisotopic (exact) mass is 424 g/mol. The van der Waals surface area contributed by atoms with E-state index in [1.54, 1.807) is 47.5 Å². The predicted octanol–water partition coefficient (Wildman–Crippen LogP) is 1.83. The van der Waals surface area contributed by atoms with Crippen LogP contribution in [0.5, 0.6) is 5.75 Å². The van der Waals surface area contributed by atoms with Gasteiger partial charge in [-0.25, -0.2) is 0 Å². The van der Waals surface area contributed by atoms with Gasteiger partial charge in [0.2, 0.25) is 0 Å². The Balaban J connectivity index is 2.01. The van der Waals surface area contributed by atoms with Crippen LogP contribution in [0.3, 0.4) is 0 Å². The number of methoxy groups -OCH3 is 1. The number of carbonyl (C=O) groups excluding carboxylic acids is 2. The van der Waals surface area contributed by atoms with E-state index in [4.69, 9.17) is 4.74 Å². The number of ketones is 1. The molecule has 1 atom stereocenters. The molecule has 7 nitrogen and oxygen atoms in total. The highest BCUT2D eigenvalue weighted by Crippen LogP contribution is 2.38. The highest BCUT2D eigenvalue weighted by atomic mass is 16.5. The van der Waals surface area contributed by atoms with Crippen LogP contribution in [0.4, 0.5) is 0 Å². The first kappa shape index (κ1) is 22.5. The second-order valence-electron chi connectivity index (χ2n) is 7.54. The molecule has 1 aliphatic heterocycles. The number of hydrogen-bond donors (Lipinski definition) is 2. The highest BCUT2D eigenvalue weighted by molar-refractivity contribution is 6.46. The molecule has 164 valence electrons. The van der Waals surface area contributed by atoms with Gasteiger partial charge in [0.05, 0.1) is 38.0 Å². The van der Waals surface area contributed by atoms with Gasteiger partial charge in [-0.3, -0.25) is 14.6 Å². The lowest BCUT2D eigenvalue weighted by Gasteiger charge is -2.25. The van der Waals surface area contributed by atoms with Gasteiger partial charge in [-0.2, -0.15) is 0 Å². The molecule has 2 N–H and O–H groups in total. The Hall–Kier alpha value is -3.19. The van der Waals surface area contributed by atoms with Crippen molar-refractivity contribution < 1.29 is 24.3 Å². The first-order valence-corrected chi connectivity index (χ1v) is 10.7. The molecule has 3 rings (SSSR count). The van der Waals surface area contributed by atoms with Crippen molar-refractivity contribution in [3.05, 3.63) is 65.5 Å². The van der Waals surface area contributed by atoms with Gasteiger partial charge in [0.25, 0.3) is 11.7 Å². The number of aliphatic hydroxyl groups excluding tert-OH is 1. The number of quaternary nitrogens is 1. The lowest BCUT2D eigenvalue weighted by molar-refractivity contribution is -0.896. The minimum Gasteiger partial charge on any atom is -0.507 e. The first-order valence-electron chi connectivity index (χ1n) is 10.7. The van der Waals surface area contributed by atoms with Crippen molar-refractivity contribution >= 4 is 17.4 Å². The summed E-state index contributed by atoms with van der Waals surface area (Å²) in [5.41, 5.74) is 1.04. The lowest BCUT2D eigenvalue weighted by atomic mass is 9.98. The maximum Gasteiger partial charge on any atom is 0.295 e. The van der Waals surface area contributed by atoms with E-state index < -0.39 is 17.7 Å². The Morgan fingerprint density at radius 3 is 2.58 bits per heavy atom. The fourth-order valence-corrected chi connectivity index (χ4v) is 3.98. The van der Waals surface area contributed by atoms with Gasteiger partial charge in [-0.15, -0.1) is 0 Å². The maximum atomic E-state index is 13.0. The number of hydrogen-bond acceptors (Lipinski definition) is 5. The lowest BCUT2D eigenvalue weighted by Crippen LogP contribution is -3.11. The average Bonchev–Trinajstić information content (AvgIpc) is 3.07. The van der Waals surface area contributed by atoms with Crippen LogP contribution in [0.1, 0.15) is 37.6 Å². The summed E-state index contributed by atoms with van der Waals surface area (Å²) in [4.78, 5) is 33.3. The zero-order chi connectivity index (χ0) is 22.4. The van der Waals surface area contributed by atoms with Gasteiger partial charge in [-0.05, 0) is 38.1 Å². The van der Waals surface area contributed by atoms with Gasteiger partial charge in [0.1, 0.15) is 17.6 Å². The second-order valence-corrected chi connectivity index (χ2v) is 7.54. The van der Waals surface area contributed by atoms with E-state index in [1.165, 1.54) is 12.0 Å². The Morgan fingerprint density at radius 2 is 1.94 bits per heavy atom. The number of nitrogens with zero attached hydrogens (tertiary/aromatic N) is 2. The number of ether oxygens (including phenoxy) is 1. The third-order valence-electron chi connectivity index (χ3n) is 5.78. The number of aromatic nitrogens is 1. The van der Waals surface area contributed by atoms with Crippen molar-refractivity contribution in [3.63, 3.8) is 0 Å². The molecule has 2 heterocycles. The van der Waals surface area contributed by atoms with Crippen LogP contribution in [0, 0.1) is 0 Å². The van der Waals surface area contributed by atoms with Crippen molar-refractivity contribution in [2.75, 3.05) is 33.3 Å². The number of amides is 1. The molecular formula is C24H30N3O4+. The summed E-state index contributed by atoms with van der Waals surface area (Å²) < 4.78 is 5.23. The number of likely N-dealkylation sites (tertiary alicyclic amines) is 1. The van der Waals surface area contributed by atoms with Gasteiger partial charge in [0.15, 0.2) is 0 Å².